The first-order valence-corrected chi connectivity index (χ1v) is 9.68. The number of thioether (sulfide) groups is 1. The predicted octanol–water partition coefficient (Wildman–Crippen LogP) is 3.73. The molecule has 0 atom stereocenters. The van der Waals surface area contributed by atoms with Crippen LogP contribution in [0.2, 0.25) is 5.02 Å². The first-order chi connectivity index (χ1) is 13.0. The smallest absolute Gasteiger partial charge is 0.230 e. The minimum absolute atomic E-state index is 0.0692. The summed E-state index contributed by atoms with van der Waals surface area (Å²) in [6.45, 7) is 0.556. The first-order valence-electron chi connectivity index (χ1n) is 8.32. The molecule has 27 heavy (non-hydrogen) atoms. The van der Waals surface area contributed by atoms with Crippen LogP contribution < -0.4 is 5.32 Å². The molecule has 0 saturated heterocycles. The molecule has 1 amide bonds. The summed E-state index contributed by atoms with van der Waals surface area (Å²) >= 11 is 7.16. The Balaban J connectivity index is 1.49. The summed E-state index contributed by atoms with van der Waals surface area (Å²) in [6.07, 6.45) is 0.742. The van der Waals surface area contributed by atoms with Gasteiger partial charge in [-0.2, -0.15) is 0 Å². The number of nitrogens with one attached hydrogen (secondary N) is 1. The second kappa shape index (κ2) is 9.01. The van der Waals surface area contributed by atoms with Crippen LogP contribution >= 0.6 is 23.4 Å². The van der Waals surface area contributed by atoms with Crippen molar-refractivity contribution in [1.82, 2.24) is 20.1 Å². The molecule has 2 aromatic carbocycles. The number of carbonyl (C=O) groups excluding carboxylic acids is 1. The van der Waals surface area contributed by atoms with Crippen molar-refractivity contribution in [3.63, 3.8) is 0 Å². The summed E-state index contributed by atoms with van der Waals surface area (Å²) in [4.78, 5) is 12.0. The van der Waals surface area contributed by atoms with Gasteiger partial charge in [-0.1, -0.05) is 35.5 Å². The largest absolute Gasteiger partial charge is 0.355 e. The van der Waals surface area contributed by atoms with Gasteiger partial charge < -0.3 is 9.88 Å². The maximum absolute atomic E-state index is 13.0. The molecule has 0 bridgehead atoms. The van der Waals surface area contributed by atoms with E-state index < -0.39 is 0 Å². The Kier molecular flexibility index (Phi) is 6.47. The Morgan fingerprint density at radius 2 is 1.85 bits per heavy atom. The molecule has 0 aliphatic heterocycles. The summed E-state index contributed by atoms with van der Waals surface area (Å²) in [5, 5.41) is 12.5. The van der Waals surface area contributed by atoms with Crippen molar-refractivity contribution in [2.45, 2.75) is 11.6 Å². The zero-order valence-corrected chi connectivity index (χ0v) is 16.2. The summed E-state index contributed by atoms with van der Waals surface area (Å²) < 4.78 is 14.8. The number of hydrogen-bond donors (Lipinski definition) is 1. The molecule has 0 spiro atoms. The minimum Gasteiger partial charge on any atom is -0.355 e. The van der Waals surface area contributed by atoms with Gasteiger partial charge in [0.2, 0.25) is 5.91 Å². The van der Waals surface area contributed by atoms with E-state index in [9.17, 15) is 9.18 Å². The molecular formula is C19H18ClFN4OS. The van der Waals surface area contributed by atoms with E-state index in [2.05, 4.69) is 15.5 Å². The zero-order valence-electron chi connectivity index (χ0n) is 14.7. The molecule has 0 aliphatic rings. The van der Waals surface area contributed by atoms with E-state index >= 15 is 0 Å². The third-order valence-corrected chi connectivity index (χ3v) is 5.19. The number of rotatable bonds is 7. The molecule has 8 heteroatoms. The van der Waals surface area contributed by atoms with Crippen LogP contribution in [0.1, 0.15) is 5.56 Å². The number of aromatic nitrogens is 3. The zero-order chi connectivity index (χ0) is 19.2. The molecule has 0 unspecified atom stereocenters. The normalized spacial score (nSPS) is 10.8. The van der Waals surface area contributed by atoms with Gasteiger partial charge in [0.05, 0.1) is 5.75 Å². The van der Waals surface area contributed by atoms with Crippen molar-refractivity contribution >= 4 is 29.3 Å². The predicted molar refractivity (Wildman–Crippen MR) is 105 cm³/mol. The van der Waals surface area contributed by atoms with Crippen molar-refractivity contribution in [1.29, 1.82) is 0 Å². The van der Waals surface area contributed by atoms with E-state index in [0.29, 0.717) is 22.5 Å². The van der Waals surface area contributed by atoms with Crippen molar-refractivity contribution in [3.8, 4) is 11.4 Å². The fourth-order valence-corrected chi connectivity index (χ4v) is 3.34. The van der Waals surface area contributed by atoms with Crippen molar-refractivity contribution in [2.24, 2.45) is 7.05 Å². The second-order valence-corrected chi connectivity index (χ2v) is 7.27. The van der Waals surface area contributed by atoms with E-state index in [0.717, 1.165) is 17.5 Å². The Bertz CT molecular complexity index is 912. The van der Waals surface area contributed by atoms with Gasteiger partial charge in [0.1, 0.15) is 5.82 Å². The minimum atomic E-state index is -0.300. The monoisotopic (exact) mass is 404 g/mol. The molecule has 0 fully saturated rings. The number of nitrogens with zero attached hydrogens (tertiary/aromatic N) is 3. The lowest BCUT2D eigenvalue weighted by Gasteiger charge is -2.06. The van der Waals surface area contributed by atoms with Crippen LogP contribution in [-0.4, -0.2) is 33.0 Å². The Morgan fingerprint density at radius 3 is 2.56 bits per heavy atom. The number of hydrogen-bond acceptors (Lipinski definition) is 4. The molecule has 3 rings (SSSR count). The Labute approximate surface area is 166 Å². The molecule has 5 nitrogen and oxygen atoms in total. The van der Waals surface area contributed by atoms with Crippen LogP contribution in [0, 0.1) is 5.82 Å². The topological polar surface area (TPSA) is 59.8 Å². The summed E-state index contributed by atoms with van der Waals surface area (Å²) in [6, 6.07) is 13.6. The lowest BCUT2D eigenvalue weighted by Crippen LogP contribution is -2.27. The SMILES string of the molecule is Cn1c(SCC(=O)NCCc2ccc(Cl)cc2)nnc1-c1ccc(F)cc1. The number of carbonyl (C=O) groups is 1. The maximum Gasteiger partial charge on any atom is 0.230 e. The van der Waals surface area contributed by atoms with E-state index in [1.165, 1.54) is 23.9 Å². The quantitative estimate of drug-likeness (QED) is 0.609. The fraction of sp³-hybridized carbons (Fsp3) is 0.211. The average Bonchev–Trinajstić information content (AvgIpc) is 3.03. The van der Waals surface area contributed by atoms with E-state index in [1.54, 1.807) is 16.7 Å². The molecule has 140 valence electrons. The van der Waals surface area contributed by atoms with Gasteiger partial charge in [-0.15, -0.1) is 10.2 Å². The Hall–Kier alpha value is -2.38. The molecule has 0 radical (unpaired) electrons. The fourth-order valence-electron chi connectivity index (χ4n) is 2.47. The summed E-state index contributed by atoms with van der Waals surface area (Å²) in [5.74, 6) is 0.502. The van der Waals surface area contributed by atoms with Crippen molar-refractivity contribution < 1.29 is 9.18 Å². The molecule has 0 aliphatic carbocycles. The van der Waals surface area contributed by atoms with Gasteiger partial charge in [-0.25, -0.2) is 4.39 Å². The van der Waals surface area contributed by atoms with Gasteiger partial charge in [0.15, 0.2) is 11.0 Å². The van der Waals surface area contributed by atoms with Gasteiger partial charge in [-0.05, 0) is 48.4 Å². The van der Waals surface area contributed by atoms with Crippen molar-refractivity contribution in [2.75, 3.05) is 12.3 Å². The van der Waals surface area contributed by atoms with Gasteiger partial charge >= 0.3 is 0 Å². The van der Waals surface area contributed by atoms with Gasteiger partial charge in [-0.3, -0.25) is 4.79 Å². The average molecular weight is 405 g/mol. The lowest BCUT2D eigenvalue weighted by molar-refractivity contribution is -0.118. The molecule has 3 aromatic rings. The highest BCUT2D eigenvalue weighted by Crippen LogP contribution is 2.22. The first kappa shape index (κ1) is 19.4. The highest BCUT2D eigenvalue weighted by molar-refractivity contribution is 7.99. The van der Waals surface area contributed by atoms with E-state index in [-0.39, 0.29) is 17.5 Å². The third-order valence-electron chi connectivity index (χ3n) is 3.92. The highest BCUT2D eigenvalue weighted by atomic mass is 35.5. The van der Waals surface area contributed by atoms with Gasteiger partial charge in [0, 0.05) is 24.2 Å². The van der Waals surface area contributed by atoms with Gasteiger partial charge in [0.25, 0.3) is 0 Å². The summed E-state index contributed by atoms with van der Waals surface area (Å²) in [5.41, 5.74) is 1.88. The van der Waals surface area contributed by atoms with Crippen LogP contribution in [0.5, 0.6) is 0 Å². The third kappa shape index (κ3) is 5.30. The number of amides is 1. The highest BCUT2D eigenvalue weighted by Gasteiger charge is 2.13. The molecule has 1 aromatic heterocycles. The number of halogens is 2. The lowest BCUT2D eigenvalue weighted by atomic mass is 10.1. The van der Waals surface area contributed by atoms with Crippen LogP contribution in [-0.2, 0) is 18.3 Å². The van der Waals surface area contributed by atoms with Crippen LogP contribution in [0.3, 0.4) is 0 Å². The summed E-state index contributed by atoms with van der Waals surface area (Å²) in [7, 11) is 1.82. The van der Waals surface area contributed by atoms with Crippen LogP contribution in [0.15, 0.2) is 53.7 Å². The van der Waals surface area contributed by atoms with E-state index in [1.807, 2.05) is 31.3 Å². The van der Waals surface area contributed by atoms with Crippen LogP contribution in [0.25, 0.3) is 11.4 Å². The number of benzene rings is 2. The molecule has 1 N–H and O–H groups in total. The second-order valence-electron chi connectivity index (χ2n) is 5.89. The van der Waals surface area contributed by atoms with Crippen molar-refractivity contribution in [3.05, 3.63) is 64.9 Å². The molecular weight excluding hydrogens is 387 g/mol. The maximum atomic E-state index is 13.0. The Morgan fingerprint density at radius 1 is 1.15 bits per heavy atom. The van der Waals surface area contributed by atoms with E-state index in [4.69, 9.17) is 11.6 Å². The molecule has 0 saturated carbocycles. The molecule has 1 heterocycles. The standard InChI is InChI=1S/C19H18ClFN4OS/c1-25-18(14-4-8-16(21)9-5-14)23-24-19(25)27-12-17(26)22-11-10-13-2-6-15(20)7-3-13/h2-9H,10-12H2,1H3,(H,22,26). The van der Waals surface area contributed by atoms with Crippen LogP contribution in [0.4, 0.5) is 4.39 Å².